The van der Waals surface area contributed by atoms with Gasteiger partial charge in [-0.15, -0.1) is 0 Å². The Kier molecular flexibility index (Phi) is 2.00. The first-order valence-corrected chi connectivity index (χ1v) is 5.97. The Morgan fingerprint density at radius 2 is 1.81 bits per heavy atom. The molecule has 2 unspecified atom stereocenters. The lowest BCUT2D eigenvalue weighted by Crippen LogP contribution is -2.46. The van der Waals surface area contributed by atoms with Crippen LogP contribution in [0.4, 0.5) is 5.69 Å². The molecule has 2 heterocycles. The molecule has 3 atom stereocenters. The van der Waals surface area contributed by atoms with Crippen molar-refractivity contribution in [1.82, 2.24) is 4.90 Å². The Bertz CT molecular complexity index is 438. The molecule has 84 valence electrons. The predicted octanol–water partition coefficient (Wildman–Crippen LogP) is 2.99. The van der Waals surface area contributed by atoms with Crippen molar-refractivity contribution in [3.05, 3.63) is 42.2 Å². The second kappa shape index (κ2) is 3.27. The lowest BCUT2D eigenvalue weighted by atomic mass is 9.81. The smallest absolute Gasteiger partial charge is 0.108 e. The molecule has 1 aromatic rings. The number of nitrogens with zero attached hydrogens (tertiary/aromatic N) is 2. The van der Waals surface area contributed by atoms with Gasteiger partial charge in [0.2, 0.25) is 0 Å². The van der Waals surface area contributed by atoms with Crippen molar-refractivity contribution in [2.45, 2.75) is 25.9 Å². The molecule has 1 aromatic carbocycles. The fourth-order valence-corrected chi connectivity index (χ4v) is 3.05. The Morgan fingerprint density at radius 3 is 2.62 bits per heavy atom. The van der Waals surface area contributed by atoms with Gasteiger partial charge in [-0.2, -0.15) is 0 Å². The minimum atomic E-state index is 0.491. The maximum Gasteiger partial charge on any atom is 0.108 e. The van der Waals surface area contributed by atoms with Gasteiger partial charge in [-0.3, -0.25) is 0 Å². The summed E-state index contributed by atoms with van der Waals surface area (Å²) in [6.07, 6.45) is 4.87. The minimum Gasteiger partial charge on any atom is -0.359 e. The fraction of sp³-hybridized carbons (Fsp3) is 0.429. The highest BCUT2D eigenvalue weighted by atomic mass is 15.4. The number of benzene rings is 1. The maximum absolute atomic E-state index is 2.40. The lowest BCUT2D eigenvalue weighted by molar-refractivity contribution is 0.234. The molecule has 16 heavy (non-hydrogen) atoms. The van der Waals surface area contributed by atoms with Crippen molar-refractivity contribution < 1.29 is 0 Å². The van der Waals surface area contributed by atoms with E-state index in [9.17, 15) is 0 Å². The van der Waals surface area contributed by atoms with Crippen LogP contribution >= 0.6 is 0 Å². The molecule has 2 aliphatic rings. The predicted molar refractivity (Wildman–Crippen MR) is 67.2 cm³/mol. The molecule has 0 N–H and O–H groups in total. The van der Waals surface area contributed by atoms with Crippen LogP contribution in [0.5, 0.6) is 0 Å². The molecule has 0 saturated carbocycles. The van der Waals surface area contributed by atoms with Gasteiger partial charge in [0.05, 0.1) is 0 Å². The first kappa shape index (κ1) is 9.76. The van der Waals surface area contributed by atoms with Gasteiger partial charge >= 0.3 is 0 Å². The highest BCUT2D eigenvalue weighted by molar-refractivity contribution is 5.61. The average Bonchev–Trinajstić information content (AvgIpc) is 2.69. The van der Waals surface area contributed by atoms with Crippen molar-refractivity contribution in [3.63, 3.8) is 0 Å². The largest absolute Gasteiger partial charge is 0.359 e. The van der Waals surface area contributed by atoms with E-state index in [-0.39, 0.29) is 0 Å². The van der Waals surface area contributed by atoms with Gasteiger partial charge in [0.25, 0.3) is 0 Å². The molecule has 0 saturated heterocycles. The summed E-state index contributed by atoms with van der Waals surface area (Å²) >= 11 is 0. The summed E-state index contributed by atoms with van der Waals surface area (Å²) < 4.78 is 0. The second-order valence-corrected chi connectivity index (χ2v) is 4.99. The maximum atomic E-state index is 2.40. The summed E-state index contributed by atoms with van der Waals surface area (Å²) in [5.41, 5.74) is 2.85. The van der Waals surface area contributed by atoms with Crippen LogP contribution in [0.15, 0.2) is 36.7 Å². The molecule has 0 amide bonds. The number of hydrogen-bond acceptors (Lipinski definition) is 2. The third kappa shape index (κ3) is 1.13. The molecule has 3 rings (SSSR count). The zero-order valence-electron chi connectivity index (χ0n) is 10.1. The summed E-state index contributed by atoms with van der Waals surface area (Å²) in [6.45, 7) is 4.69. The van der Waals surface area contributed by atoms with Crippen molar-refractivity contribution in [2.75, 3.05) is 11.9 Å². The van der Waals surface area contributed by atoms with Crippen LogP contribution < -0.4 is 4.90 Å². The van der Waals surface area contributed by atoms with Crippen molar-refractivity contribution in [2.24, 2.45) is 5.92 Å². The third-order valence-electron chi connectivity index (χ3n) is 4.13. The Morgan fingerprint density at radius 1 is 1.06 bits per heavy atom. The summed E-state index contributed by atoms with van der Waals surface area (Å²) in [5.74, 6) is 1.27. The van der Waals surface area contributed by atoms with Crippen molar-refractivity contribution >= 4 is 5.69 Å². The number of anilines is 1. The van der Waals surface area contributed by atoms with Crippen molar-refractivity contribution in [1.29, 1.82) is 0 Å². The molecule has 2 aliphatic heterocycles. The van der Waals surface area contributed by atoms with Gasteiger partial charge in [0.1, 0.15) is 6.17 Å². The molecule has 0 aromatic heterocycles. The van der Waals surface area contributed by atoms with Crippen LogP contribution in [0.1, 0.15) is 25.3 Å². The zero-order chi connectivity index (χ0) is 11.3. The Labute approximate surface area is 97.2 Å². The molecule has 0 aliphatic carbocycles. The summed E-state index contributed by atoms with van der Waals surface area (Å²) in [4.78, 5) is 4.72. The van der Waals surface area contributed by atoms with E-state index in [2.05, 4.69) is 67.4 Å². The molecular formula is C14H18N2. The van der Waals surface area contributed by atoms with E-state index in [4.69, 9.17) is 0 Å². The zero-order valence-corrected chi connectivity index (χ0v) is 10.1. The number of para-hydroxylation sites is 1. The third-order valence-corrected chi connectivity index (χ3v) is 4.13. The van der Waals surface area contributed by atoms with Gasteiger partial charge < -0.3 is 9.80 Å². The quantitative estimate of drug-likeness (QED) is 0.655. The topological polar surface area (TPSA) is 6.48 Å². The highest BCUT2D eigenvalue weighted by Crippen LogP contribution is 2.44. The van der Waals surface area contributed by atoms with E-state index in [1.54, 1.807) is 0 Å². The van der Waals surface area contributed by atoms with E-state index in [0.717, 1.165) is 0 Å². The molecule has 0 spiro atoms. The van der Waals surface area contributed by atoms with Crippen LogP contribution in [-0.2, 0) is 0 Å². The SMILES string of the molecule is CC1c2ccccc2N2C=CN(C)C2[C@@H]1C. The van der Waals surface area contributed by atoms with E-state index in [1.807, 2.05) is 0 Å². The van der Waals surface area contributed by atoms with E-state index >= 15 is 0 Å². The van der Waals surface area contributed by atoms with Crippen LogP contribution in [0, 0.1) is 5.92 Å². The lowest BCUT2D eigenvalue weighted by Gasteiger charge is -2.43. The average molecular weight is 214 g/mol. The van der Waals surface area contributed by atoms with Crippen LogP contribution in [0.2, 0.25) is 0 Å². The first-order chi connectivity index (χ1) is 7.70. The number of rotatable bonds is 0. The van der Waals surface area contributed by atoms with Crippen LogP contribution in [-0.4, -0.2) is 18.1 Å². The van der Waals surface area contributed by atoms with Gasteiger partial charge in [0, 0.05) is 31.1 Å². The molecule has 2 heteroatoms. The number of hydrogen-bond donors (Lipinski definition) is 0. The van der Waals surface area contributed by atoms with E-state index in [0.29, 0.717) is 18.0 Å². The first-order valence-electron chi connectivity index (χ1n) is 5.97. The molecule has 2 nitrogen and oxygen atoms in total. The molecule has 0 fully saturated rings. The van der Waals surface area contributed by atoms with E-state index in [1.165, 1.54) is 11.3 Å². The standard InChI is InChI=1S/C14H18N2/c1-10-11(2)14-15(3)8-9-16(14)13-7-5-4-6-12(10)13/h4-11,14H,1-3H3/t10?,11-,14?/m1/s1. The molecule has 0 bridgehead atoms. The Balaban J connectivity index is 2.14. The van der Waals surface area contributed by atoms with E-state index < -0.39 is 0 Å². The summed E-state index contributed by atoms with van der Waals surface area (Å²) in [5, 5.41) is 0. The normalized spacial score (nSPS) is 31.6. The fourth-order valence-electron chi connectivity index (χ4n) is 3.05. The van der Waals surface area contributed by atoms with Crippen molar-refractivity contribution in [3.8, 4) is 0 Å². The summed E-state index contributed by atoms with van der Waals surface area (Å²) in [6, 6.07) is 8.77. The Hall–Kier alpha value is -1.44. The van der Waals surface area contributed by atoms with Gasteiger partial charge in [-0.1, -0.05) is 32.0 Å². The monoisotopic (exact) mass is 214 g/mol. The number of fused-ring (bicyclic) bond motifs is 3. The van der Waals surface area contributed by atoms with Crippen LogP contribution in [0.3, 0.4) is 0 Å². The minimum absolute atomic E-state index is 0.491. The summed E-state index contributed by atoms with van der Waals surface area (Å²) in [7, 11) is 2.16. The molecular weight excluding hydrogens is 196 g/mol. The second-order valence-electron chi connectivity index (χ2n) is 4.99. The van der Waals surface area contributed by atoms with Gasteiger partial charge in [0.15, 0.2) is 0 Å². The highest BCUT2D eigenvalue weighted by Gasteiger charge is 2.39. The van der Waals surface area contributed by atoms with Crippen LogP contribution in [0.25, 0.3) is 0 Å². The van der Waals surface area contributed by atoms with Gasteiger partial charge in [-0.25, -0.2) is 0 Å². The molecule has 0 radical (unpaired) electrons. The van der Waals surface area contributed by atoms with Gasteiger partial charge in [-0.05, 0) is 17.5 Å².